The topological polar surface area (TPSA) is 72.8 Å². The first-order valence-corrected chi connectivity index (χ1v) is 9.09. The molecule has 0 aliphatic carbocycles. The lowest BCUT2D eigenvalue weighted by molar-refractivity contribution is -0.188. The molecule has 1 aromatic carbocycles. The standard InChI is InChI=1S/C13H19B2F3O5S/c1-2-22-12-8(5-14)3-10(4-9(12)6-15)23-11(13(16,17)18)7-24(19,20)21/h3-4,11H,2,5-7,14-15H2,1H3,(H,19,20,21). The first kappa shape index (κ1) is 20.7. The van der Waals surface area contributed by atoms with Crippen molar-refractivity contribution < 1.29 is 35.6 Å². The molecule has 134 valence electrons. The molecule has 0 heterocycles. The van der Waals surface area contributed by atoms with Crippen LogP contribution in [0.3, 0.4) is 0 Å². The SMILES string of the molecule is BCc1cc(OC(CS(=O)(=O)O)C(F)(F)F)cc(CB)c1OCC. The van der Waals surface area contributed by atoms with Gasteiger partial charge in [-0.25, -0.2) is 0 Å². The maximum atomic E-state index is 13.0. The van der Waals surface area contributed by atoms with Crippen LogP contribution in [0, 0.1) is 0 Å². The third-order valence-corrected chi connectivity index (χ3v) is 4.00. The zero-order valence-electron chi connectivity index (χ0n) is 13.7. The minimum absolute atomic E-state index is 0.113. The van der Waals surface area contributed by atoms with E-state index in [1.807, 2.05) is 15.7 Å². The summed E-state index contributed by atoms with van der Waals surface area (Å²) in [5.41, 5.74) is 1.33. The van der Waals surface area contributed by atoms with Gasteiger partial charge in [-0.2, -0.15) is 21.6 Å². The molecule has 11 heteroatoms. The number of alkyl halides is 3. The van der Waals surface area contributed by atoms with Gasteiger partial charge in [0.1, 0.15) is 32.9 Å². The molecule has 1 unspecified atom stereocenters. The summed E-state index contributed by atoms with van der Waals surface area (Å²) < 4.78 is 79.7. The van der Waals surface area contributed by atoms with Crippen LogP contribution in [0.5, 0.6) is 11.5 Å². The van der Waals surface area contributed by atoms with Gasteiger partial charge in [0, 0.05) is 0 Å². The quantitative estimate of drug-likeness (QED) is 0.538. The number of rotatable bonds is 8. The normalized spacial score (nSPS) is 13.5. The van der Waals surface area contributed by atoms with Crippen LogP contribution in [0.15, 0.2) is 12.1 Å². The zero-order chi connectivity index (χ0) is 18.5. The van der Waals surface area contributed by atoms with Crippen LogP contribution in [0.25, 0.3) is 0 Å². The van der Waals surface area contributed by atoms with E-state index < -0.39 is 28.2 Å². The van der Waals surface area contributed by atoms with Gasteiger partial charge in [0.05, 0.1) is 6.61 Å². The Hall–Kier alpha value is -1.35. The molecule has 1 rings (SSSR count). The summed E-state index contributed by atoms with van der Waals surface area (Å²) in [6, 6.07) is 2.79. The van der Waals surface area contributed by atoms with E-state index in [1.54, 1.807) is 6.92 Å². The largest absolute Gasteiger partial charge is 0.493 e. The molecule has 0 aromatic heterocycles. The van der Waals surface area contributed by atoms with Gasteiger partial charge in [-0.3, -0.25) is 4.55 Å². The lowest BCUT2D eigenvalue weighted by Gasteiger charge is -2.22. The van der Waals surface area contributed by atoms with Gasteiger partial charge in [0.15, 0.2) is 0 Å². The minimum Gasteiger partial charge on any atom is -0.493 e. The number of halogens is 3. The van der Waals surface area contributed by atoms with E-state index in [0.29, 0.717) is 36.1 Å². The van der Waals surface area contributed by atoms with Crippen molar-refractivity contribution in [3.63, 3.8) is 0 Å². The average molecular weight is 366 g/mol. The predicted octanol–water partition coefficient (Wildman–Crippen LogP) is 0.549. The Morgan fingerprint density at radius 3 is 2.04 bits per heavy atom. The van der Waals surface area contributed by atoms with Gasteiger partial charge >= 0.3 is 6.18 Å². The van der Waals surface area contributed by atoms with E-state index in [9.17, 15) is 21.6 Å². The average Bonchev–Trinajstić information content (AvgIpc) is 2.45. The Kier molecular flexibility index (Phi) is 7.03. The number of ether oxygens (including phenoxy) is 2. The van der Waals surface area contributed by atoms with Crippen molar-refractivity contribution in [2.24, 2.45) is 0 Å². The van der Waals surface area contributed by atoms with Crippen LogP contribution in [-0.2, 0) is 22.8 Å². The Labute approximate surface area is 141 Å². The van der Waals surface area contributed by atoms with Gasteiger partial charge in [0.25, 0.3) is 10.1 Å². The summed E-state index contributed by atoms with van der Waals surface area (Å²) in [6.07, 6.45) is -6.57. The maximum absolute atomic E-state index is 13.0. The molecule has 1 atom stereocenters. The van der Waals surface area contributed by atoms with E-state index in [2.05, 4.69) is 0 Å². The highest BCUT2D eigenvalue weighted by atomic mass is 32.2. The fourth-order valence-electron chi connectivity index (χ4n) is 2.20. The molecule has 0 amide bonds. The van der Waals surface area contributed by atoms with Crippen LogP contribution in [0.1, 0.15) is 18.1 Å². The second-order valence-corrected chi connectivity index (χ2v) is 6.60. The summed E-state index contributed by atoms with van der Waals surface area (Å²) in [4.78, 5) is 0. The molecule has 0 saturated carbocycles. The third-order valence-electron chi connectivity index (χ3n) is 3.27. The van der Waals surface area contributed by atoms with Crippen LogP contribution in [-0.4, -0.2) is 53.3 Å². The highest BCUT2D eigenvalue weighted by Gasteiger charge is 2.44. The van der Waals surface area contributed by atoms with E-state index in [-0.39, 0.29) is 5.75 Å². The monoisotopic (exact) mass is 366 g/mol. The summed E-state index contributed by atoms with van der Waals surface area (Å²) >= 11 is 0. The van der Waals surface area contributed by atoms with Crippen molar-refractivity contribution in [1.82, 2.24) is 0 Å². The molecule has 24 heavy (non-hydrogen) atoms. The van der Waals surface area contributed by atoms with Crippen LogP contribution in [0.2, 0.25) is 0 Å². The molecule has 5 nitrogen and oxygen atoms in total. The second kappa shape index (κ2) is 8.15. The molecule has 0 aliphatic heterocycles. The Morgan fingerprint density at radius 2 is 1.71 bits per heavy atom. The summed E-state index contributed by atoms with van der Waals surface area (Å²) in [6.45, 7) is 2.21. The van der Waals surface area contributed by atoms with E-state index >= 15 is 0 Å². The van der Waals surface area contributed by atoms with Crippen LogP contribution in [0.4, 0.5) is 13.2 Å². The molecule has 0 aliphatic rings. The van der Waals surface area contributed by atoms with Crippen molar-refractivity contribution >= 4 is 25.8 Å². The molecule has 0 radical (unpaired) electrons. The third kappa shape index (κ3) is 5.94. The van der Waals surface area contributed by atoms with Crippen molar-refractivity contribution in [1.29, 1.82) is 0 Å². The van der Waals surface area contributed by atoms with Gasteiger partial charge in [0.2, 0.25) is 6.10 Å². The first-order valence-electron chi connectivity index (χ1n) is 7.48. The fourth-order valence-corrected chi connectivity index (χ4v) is 2.84. The van der Waals surface area contributed by atoms with Crippen LogP contribution >= 0.6 is 0 Å². The number of hydrogen-bond donors (Lipinski definition) is 1. The molecule has 0 bridgehead atoms. The molecule has 1 aromatic rings. The van der Waals surface area contributed by atoms with Crippen molar-refractivity contribution in [2.75, 3.05) is 12.4 Å². The number of benzene rings is 1. The van der Waals surface area contributed by atoms with Crippen molar-refractivity contribution in [3.05, 3.63) is 23.3 Å². The highest BCUT2D eigenvalue weighted by molar-refractivity contribution is 7.85. The maximum Gasteiger partial charge on any atom is 0.426 e. The Bertz CT molecular complexity index is 639. The van der Waals surface area contributed by atoms with E-state index in [1.165, 1.54) is 12.1 Å². The van der Waals surface area contributed by atoms with E-state index in [0.717, 1.165) is 0 Å². The predicted molar refractivity (Wildman–Crippen MR) is 89.0 cm³/mol. The zero-order valence-corrected chi connectivity index (χ0v) is 14.5. The Morgan fingerprint density at radius 1 is 1.21 bits per heavy atom. The summed E-state index contributed by atoms with van der Waals surface area (Å²) in [7, 11) is -1.20. The van der Waals surface area contributed by atoms with Crippen LogP contribution < -0.4 is 9.47 Å². The molecular weight excluding hydrogens is 347 g/mol. The first-order chi connectivity index (χ1) is 11.0. The van der Waals surface area contributed by atoms with Gasteiger partial charge in [-0.1, -0.05) is 12.6 Å². The minimum atomic E-state index is -4.94. The Balaban J connectivity index is 3.24. The van der Waals surface area contributed by atoms with E-state index in [4.69, 9.17) is 14.0 Å². The van der Waals surface area contributed by atoms with Gasteiger partial charge in [-0.05, 0) is 30.2 Å². The molecule has 0 fully saturated rings. The lowest BCUT2D eigenvalue weighted by Crippen LogP contribution is -2.40. The van der Waals surface area contributed by atoms with Gasteiger partial charge in [-0.15, -0.1) is 0 Å². The molecule has 1 N–H and O–H groups in total. The highest BCUT2D eigenvalue weighted by Crippen LogP contribution is 2.33. The summed E-state index contributed by atoms with van der Waals surface area (Å²) in [5, 5.41) is 0. The molecule has 0 saturated heterocycles. The fraction of sp³-hybridized carbons (Fsp3) is 0.538. The van der Waals surface area contributed by atoms with Gasteiger partial charge < -0.3 is 9.47 Å². The smallest absolute Gasteiger partial charge is 0.426 e. The summed E-state index contributed by atoms with van der Waals surface area (Å²) in [5.74, 6) is -1.07. The molecular formula is C13H19B2F3O5S. The van der Waals surface area contributed by atoms with Crippen molar-refractivity contribution in [2.45, 2.75) is 31.8 Å². The lowest BCUT2D eigenvalue weighted by atomic mass is 9.89. The second-order valence-electron chi connectivity index (χ2n) is 5.11. The number of hydrogen-bond acceptors (Lipinski definition) is 4. The molecule has 0 spiro atoms. The van der Waals surface area contributed by atoms with Crippen molar-refractivity contribution in [3.8, 4) is 11.5 Å².